The third kappa shape index (κ3) is 2.18. The van der Waals surface area contributed by atoms with Crippen molar-refractivity contribution in [1.29, 1.82) is 0 Å². The van der Waals surface area contributed by atoms with Gasteiger partial charge in [0.05, 0.1) is 5.56 Å². The van der Waals surface area contributed by atoms with Gasteiger partial charge >= 0.3 is 0 Å². The van der Waals surface area contributed by atoms with Crippen LogP contribution in [-0.4, -0.2) is 12.3 Å². The molecule has 0 amide bonds. The van der Waals surface area contributed by atoms with Gasteiger partial charge in [-0.2, -0.15) is 0 Å². The zero-order chi connectivity index (χ0) is 14.1. The van der Waals surface area contributed by atoms with E-state index >= 15 is 0 Å². The number of anilines is 1. The molecule has 1 N–H and O–H groups in total. The molecule has 0 saturated carbocycles. The van der Waals surface area contributed by atoms with Gasteiger partial charge in [0.1, 0.15) is 11.6 Å². The Labute approximate surface area is 115 Å². The molecule has 0 aliphatic carbocycles. The van der Waals surface area contributed by atoms with Gasteiger partial charge in [-0.3, -0.25) is 4.79 Å². The molecule has 4 heteroatoms. The van der Waals surface area contributed by atoms with Gasteiger partial charge in [-0.1, -0.05) is 12.1 Å². The maximum absolute atomic E-state index is 13.7. The van der Waals surface area contributed by atoms with E-state index in [0.717, 1.165) is 48.8 Å². The predicted molar refractivity (Wildman–Crippen MR) is 73.0 cm³/mol. The van der Waals surface area contributed by atoms with Crippen LogP contribution in [0.4, 0.5) is 14.5 Å². The van der Waals surface area contributed by atoms with E-state index in [1.54, 1.807) is 12.1 Å². The number of hydrogen-bond acceptors (Lipinski definition) is 2. The Morgan fingerprint density at radius 2 is 1.95 bits per heavy atom. The van der Waals surface area contributed by atoms with Gasteiger partial charge in [0.2, 0.25) is 0 Å². The largest absolute Gasteiger partial charge is 0.385 e. The van der Waals surface area contributed by atoms with Crippen LogP contribution in [0.25, 0.3) is 0 Å². The van der Waals surface area contributed by atoms with Crippen LogP contribution in [-0.2, 0) is 6.42 Å². The molecule has 0 aromatic heterocycles. The van der Waals surface area contributed by atoms with Gasteiger partial charge in [-0.05, 0) is 42.7 Å². The fourth-order valence-corrected chi connectivity index (χ4v) is 2.54. The van der Waals surface area contributed by atoms with Crippen molar-refractivity contribution in [3.63, 3.8) is 0 Å². The molecule has 1 heterocycles. The lowest BCUT2D eigenvalue weighted by molar-refractivity contribution is 0.103. The van der Waals surface area contributed by atoms with E-state index in [-0.39, 0.29) is 5.56 Å². The molecule has 3 rings (SSSR count). The lowest BCUT2D eigenvalue weighted by atomic mass is 9.92. The number of rotatable bonds is 2. The van der Waals surface area contributed by atoms with E-state index in [4.69, 9.17) is 0 Å². The first-order valence-corrected chi connectivity index (χ1v) is 6.52. The molecular weight excluding hydrogens is 260 g/mol. The second-order valence-corrected chi connectivity index (χ2v) is 4.82. The Balaban J connectivity index is 2.09. The molecule has 0 saturated heterocycles. The van der Waals surface area contributed by atoms with Crippen LogP contribution in [0.15, 0.2) is 36.4 Å². The SMILES string of the molecule is O=C(c1cc(F)ccc1F)c1cccc2c1CCCN2. The first-order valence-electron chi connectivity index (χ1n) is 6.52. The van der Waals surface area contributed by atoms with Gasteiger partial charge in [0, 0.05) is 17.8 Å². The molecule has 0 atom stereocenters. The molecule has 1 aliphatic rings. The molecule has 2 nitrogen and oxygen atoms in total. The molecule has 0 radical (unpaired) electrons. The van der Waals surface area contributed by atoms with Gasteiger partial charge in [-0.15, -0.1) is 0 Å². The van der Waals surface area contributed by atoms with Crippen molar-refractivity contribution in [2.45, 2.75) is 12.8 Å². The summed E-state index contributed by atoms with van der Waals surface area (Å²) in [6.45, 7) is 0.860. The Morgan fingerprint density at radius 3 is 2.80 bits per heavy atom. The summed E-state index contributed by atoms with van der Waals surface area (Å²) in [5.41, 5.74) is 2.01. The molecule has 0 bridgehead atoms. The van der Waals surface area contributed by atoms with Crippen molar-refractivity contribution in [3.05, 3.63) is 64.7 Å². The van der Waals surface area contributed by atoms with E-state index < -0.39 is 17.4 Å². The topological polar surface area (TPSA) is 29.1 Å². The molecular formula is C16H13F2NO. The lowest BCUT2D eigenvalue weighted by Gasteiger charge is -2.20. The summed E-state index contributed by atoms with van der Waals surface area (Å²) in [5, 5.41) is 3.22. The second kappa shape index (κ2) is 5.04. The first kappa shape index (κ1) is 12.8. The zero-order valence-electron chi connectivity index (χ0n) is 10.7. The van der Waals surface area contributed by atoms with Gasteiger partial charge in [0.15, 0.2) is 5.78 Å². The van der Waals surface area contributed by atoms with Crippen molar-refractivity contribution in [3.8, 4) is 0 Å². The number of ketones is 1. The molecule has 102 valence electrons. The summed E-state index contributed by atoms with van der Waals surface area (Å²) in [7, 11) is 0. The van der Waals surface area contributed by atoms with Crippen molar-refractivity contribution < 1.29 is 13.6 Å². The van der Waals surface area contributed by atoms with E-state index in [2.05, 4.69) is 5.32 Å². The summed E-state index contributed by atoms with van der Waals surface area (Å²) < 4.78 is 27.0. The summed E-state index contributed by atoms with van der Waals surface area (Å²) in [6.07, 6.45) is 1.68. The number of halogens is 2. The number of benzene rings is 2. The number of carbonyl (C=O) groups excluding carboxylic acids is 1. The number of nitrogens with one attached hydrogen (secondary N) is 1. The van der Waals surface area contributed by atoms with Gasteiger partial charge in [-0.25, -0.2) is 8.78 Å². The Bertz CT molecular complexity index is 682. The quantitative estimate of drug-likeness (QED) is 0.848. The molecule has 0 fully saturated rings. The smallest absolute Gasteiger partial charge is 0.196 e. The van der Waals surface area contributed by atoms with Crippen LogP contribution >= 0.6 is 0 Å². The van der Waals surface area contributed by atoms with E-state index in [1.165, 1.54) is 0 Å². The lowest BCUT2D eigenvalue weighted by Crippen LogP contribution is -2.16. The van der Waals surface area contributed by atoms with Crippen molar-refractivity contribution >= 4 is 11.5 Å². The third-order valence-corrected chi connectivity index (χ3v) is 3.51. The van der Waals surface area contributed by atoms with Crippen LogP contribution in [0.1, 0.15) is 27.9 Å². The Morgan fingerprint density at radius 1 is 1.10 bits per heavy atom. The molecule has 0 spiro atoms. The fourth-order valence-electron chi connectivity index (χ4n) is 2.54. The minimum atomic E-state index is -0.697. The molecule has 0 unspecified atom stereocenters. The number of carbonyl (C=O) groups is 1. The standard InChI is InChI=1S/C16H13F2NO/c17-10-6-7-14(18)13(9-10)16(20)12-3-1-5-15-11(12)4-2-8-19-15/h1,3,5-7,9,19H,2,4,8H2. The van der Waals surface area contributed by atoms with Crippen LogP contribution in [0.3, 0.4) is 0 Å². The first-order chi connectivity index (χ1) is 9.66. The third-order valence-electron chi connectivity index (χ3n) is 3.51. The average Bonchev–Trinajstić information content (AvgIpc) is 2.48. The highest BCUT2D eigenvalue weighted by Crippen LogP contribution is 2.27. The highest BCUT2D eigenvalue weighted by atomic mass is 19.1. The van der Waals surface area contributed by atoms with Gasteiger partial charge in [0.25, 0.3) is 0 Å². The van der Waals surface area contributed by atoms with Crippen molar-refractivity contribution in [1.82, 2.24) is 0 Å². The van der Waals surface area contributed by atoms with Crippen LogP contribution in [0, 0.1) is 11.6 Å². The van der Waals surface area contributed by atoms with Crippen molar-refractivity contribution in [2.75, 3.05) is 11.9 Å². The fraction of sp³-hybridized carbons (Fsp3) is 0.188. The maximum Gasteiger partial charge on any atom is 0.196 e. The molecule has 20 heavy (non-hydrogen) atoms. The van der Waals surface area contributed by atoms with Crippen LogP contribution < -0.4 is 5.32 Å². The number of fused-ring (bicyclic) bond motifs is 1. The zero-order valence-corrected chi connectivity index (χ0v) is 10.7. The van der Waals surface area contributed by atoms with E-state index in [0.29, 0.717) is 5.56 Å². The van der Waals surface area contributed by atoms with Crippen LogP contribution in [0.5, 0.6) is 0 Å². The Hall–Kier alpha value is -2.23. The maximum atomic E-state index is 13.7. The van der Waals surface area contributed by atoms with Crippen molar-refractivity contribution in [2.24, 2.45) is 0 Å². The Kier molecular flexibility index (Phi) is 3.22. The summed E-state index contributed by atoms with van der Waals surface area (Å²) in [4.78, 5) is 12.5. The number of hydrogen-bond donors (Lipinski definition) is 1. The highest BCUT2D eigenvalue weighted by Gasteiger charge is 2.21. The highest BCUT2D eigenvalue weighted by molar-refractivity contribution is 6.10. The summed E-state index contributed by atoms with van der Waals surface area (Å²) >= 11 is 0. The van der Waals surface area contributed by atoms with Crippen LogP contribution in [0.2, 0.25) is 0 Å². The molecule has 2 aromatic carbocycles. The van der Waals surface area contributed by atoms with E-state index in [1.807, 2.05) is 6.07 Å². The molecule has 1 aliphatic heterocycles. The minimum absolute atomic E-state index is 0.219. The monoisotopic (exact) mass is 273 g/mol. The molecule has 2 aromatic rings. The van der Waals surface area contributed by atoms with E-state index in [9.17, 15) is 13.6 Å². The second-order valence-electron chi connectivity index (χ2n) is 4.82. The predicted octanol–water partition coefficient (Wildman–Crippen LogP) is 3.55. The normalized spacial score (nSPS) is 13.5. The summed E-state index contributed by atoms with van der Waals surface area (Å²) in [6, 6.07) is 8.25. The minimum Gasteiger partial charge on any atom is -0.385 e. The van der Waals surface area contributed by atoms with Gasteiger partial charge < -0.3 is 5.32 Å². The average molecular weight is 273 g/mol. The summed E-state index contributed by atoms with van der Waals surface area (Å²) in [5.74, 6) is -1.78.